The van der Waals surface area contributed by atoms with Crippen molar-refractivity contribution in [2.75, 3.05) is 40.0 Å². The van der Waals surface area contributed by atoms with Crippen LogP contribution in [0.25, 0.3) is 0 Å². The van der Waals surface area contributed by atoms with Crippen LogP contribution in [0.15, 0.2) is 29.3 Å². The van der Waals surface area contributed by atoms with Gasteiger partial charge in [-0.05, 0) is 18.9 Å². The Balaban J connectivity index is 0.00000392. The van der Waals surface area contributed by atoms with Crippen molar-refractivity contribution in [3.63, 3.8) is 0 Å². The topological polar surface area (TPSA) is 64.1 Å². The summed E-state index contributed by atoms with van der Waals surface area (Å²) in [4.78, 5) is 4.06. The number of alkyl halides is 3. The third-order valence-corrected chi connectivity index (χ3v) is 4.00. The van der Waals surface area contributed by atoms with Gasteiger partial charge in [-0.15, -0.1) is 37.1 Å². The third-order valence-electron chi connectivity index (χ3n) is 4.00. The van der Waals surface area contributed by atoms with Gasteiger partial charge in [0.15, 0.2) is 5.96 Å². The van der Waals surface area contributed by atoms with Crippen molar-refractivity contribution in [1.82, 2.24) is 10.6 Å². The van der Waals surface area contributed by atoms with E-state index in [0.717, 1.165) is 26.1 Å². The van der Waals surface area contributed by atoms with Gasteiger partial charge in [0.2, 0.25) is 0 Å². The average molecular weight is 517 g/mol. The molecule has 1 heterocycles. The van der Waals surface area contributed by atoms with Crippen LogP contribution in [-0.4, -0.2) is 52.3 Å². The smallest absolute Gasteiger partial charge is 0.405 e. The Kier molecular flexibility index (Phi) is 11.5. The highest BCUT2D eigenvalue weighted by Crippen LogP contribution is 2.26. The highest BCUT2D eigenvalue weighted by Gasteiger charge is 2.31. The van der Waals surface area contributed by atoms with Crippen molar-refractivity contribution in [3.05, 3.63) is 29.8 Å². The predicted octanol–water partition coefficient (Wildman–Crippen LogP) is 3.31. The highest BCUT2D eigenvalue weighted by molar-refractivity contribution is 14.0. The fraction of sp³-hybridized carbons (Fsp3) is 0.611. The van der Waals surface area contributed by atoms with Crippen molar-refractivity contribution in [1.29, 1.82) is 0 Å². The molecule has 1 aliphatic heterocycles. The van der Waals surface area contributed by atoms with Crippen LogP contribution in [0, 0.1) is 5.92 Å². The molecule has 160 valence electrons. The zero-order valence-electron chi connectivity index (χ0n) is 15.8. The van der Waals surface area contributed by atoms with Crippen LogP contribution in [0.1, 0.15) is 18.4 Å². The molecule has 0 aromatic heterocycles. The Hall–Kier alpha value is -1.27. The van der Waals surface area contributed by atoms with Gasteiger partial charge in [0.05, 0.1) is 13.2 Å². The molecule has 10 heteroatoms. The van der Waals surface area contributed by atoms with Crippen LogP contribution in [-0.2, 0) is 16.0 Å². The maximum atomic E-state index is 12.5. The summed E-state index contributed by atoms with van der Waals surface area (Å²) in [5, 5.41) is 6.09. The summed E-state index contributed by atoms with van der Waals surface area (Å²) in [6.07, 6.45) is -2.88. The van der Waals surface area contributed by atoms with E-state index in [0.29, 0.717) is 37.2 Å². The third kappa shape index (κ3) is 9.78. The molecule has 1 aromatic carbocycles. The fourth-order valence-corrected chi connectivity index (χ4v) is 2.62. The lowest BCUT2D eigenvalue weighted by Crippen LogP contribution is -2.37. The van der Waals surface area contributed by atoms with Gasteiger partial charge in [-0.1, -0.05) is 18.2 Å². The van der Waals surface area contributed by atoms with E-state index in [9.17, 15) is 13.2 Å². The molecule has 2 N–H and O–H groups in total. The van der Waals surface area contributed by atoms with Gasteiger partial charge in [0, 0.05) is 44.8 Å². The normalized spacial score (nSPS) is 17.1. The maximum Gasteiger partial charge on any atom is 0.573 e. The van der Waals surface area contributed by atoms with E-state index in [1.165, 1.54) is 12.1 Å². The molecule has 1 aliphatic rings. The minimum absolute atomic E-state index is 0. The van der Waals surface area contributed by atoms with Crippen LogP contribution in [0.3, 0.4) is 0 Å². The van der Waals surface area contributed by atoms with Gasteiger partial charge < -0.3 is 24.8 Å². The molecule has 0 aliphatic carbocycles. The number of nitrogens with zero attached hydrogens (tertiary/aromatic N) is 1. The fourth-order valence-electron chi connectivity index (χ4n) is 2.62. The lowest BCUT2D eigenvalue weighted by molar-refractivity contribution is -0.274. The molecule has 0 radical (unpaired) electrons. The molecule has 1 atom stereocenters. The van der Waals surface area contributed by atoms with Crippen molar-refractivity contribution < 1.29 is 27.4 Å². The Morgan fingerprint density at radius 2 is 2.07 bits per heavy atom. The first-order valence-electron chi connectivity index (χ1n) is 8.91. The number of hydrogen-bond acceptors (Lipinski definition) is 4. The zero-order chi connectivity index (χ0) is 19.5. The molecule has 0 bridgehead atoms. The molecule has 1 fully saturated rings. The largest absolute Gasteiger partial charge is 0.573 e. The first-order chi connectivity index (χ1) is 13.0. The van der Waals surface area contributed by atoms with Crippen molar-refractivity contribution in [3.8, 4) is 5.75 Å². The van der Waals surface area contributed by atoms with Crippen molar-refractivity contribution >= 4 is 29.9 Å². The monoisotopic (exact) mass is 517 g/mol. The Morgan fingerprint density at radius 1 is 1.29 bits per heavy atom. The van der Waals surface area contributed by atoms with Gasteiger partial charge in [-0.3, -0.25) is 4.99 Å². The van der Waals surface area contributed by atoms with Crippen LogP contribution in [0.4, 0.5) is 13.2 Å². The summed E-state index contributed by atoms with van der Waals surface area (Å²) in [7, 11) is 1.60. The van der Waals surface area contributed by atoms with Crippen LogP contribution in [0.2, 0.25) is 0 Å². The molecule has 0 amide bonds. The number of rotatable bonds is 9. The number of halogens is 4. The van der Waals surface area contributed by atoms with Crippen LogP contribution < -0.4 is 15.4 Å². The van der Waals surface area contributed by atoms with Crippen molar-refractivity contribution in [2.24, 2.45) is 10.9 Å². The number of ether oxygens (including phenoxy) is 3. The highest BCUT2D eigenvalue weighted by atomic mass is 127. The zero-order valence-corrected chi connectivity index (χ0v) is 18.1. The van der Waals surface area contributed by atoms with Gasteiger partial charge in [-0.2, -0.15) is 0 Å². The molecule has 2 rings (SSSR count). The van der Waals surface area contributed by atoms with Crippen LogP contribution in [0.5, 0.6) is 5.75 Å². The SMILES string of the molecule is CN=C(NCCCOCC1CCOC1)NCc1ccccc1OC(F)(F)F.I. The lowest BCUT2D eigenvalue weighted by Gasteiger charge is -2.15. The lowest BCUT2D eigenvalue weighted by atomic mass is 10.1. The van der Waals surface area contributed by atoms with E-state index in [2.05, 4.69) is 20.4 Å². The number of para-hydroxylation sites is 1. The average Bonchev–Trinajstić information content (AvgIpc) is 3.14. The summed E-state index contributed by atoms with van der Waals surface area (Å²) in [6, 6.07) is 6.01. The molecular weight excluding hydrogens is 490 g/mol. The first kappa shape index (κ1) is 24.8. The molecule has 6 nitrogen and oxygen atoms in total. The Morgan fingerprint density at radius 3 is 2.75 bits per heavy atom. The maximum absolute atomic E-state index is 12.5. The summed E-state index contributed by atoms with van der Waals surface area (Å²) < 4.78 is 52.3. The minimum atomic E-state index is -4.72. The van der Waals surface area contributed by atoms with Gasteiger partial charge in [0.1, 0.15) is 5.75 Å². The van der Waals surface area contributed by atoms with Gasteiger partial charge in [-0.25, -0.2) is 0 Å². The standard InChI is InChI=1S/C18H26F3N3O3.HI/c1-22-17(23-8-4-9-25-12-14-7-10-26-13-14)24-11-15-5-2-3-6-16(15)27-18(19,20)21;/h2-3,5-6,14H,4,7-13H2,1H3,(H2,22,23,24);1H. The second-order valence-corrected chi connectivity index (χ2v) is 6.17. The number of aliphatic imine (C=N–C) groups is 1. The molecule has 28 heavy (non-hydrogen) atoms. The van der Waals surface area contributed by atoms with E-state index in [4.69, 9.17) is 9.47 Å². The number of nitrogens with one attached hydrogen (secondary N) is 2. The summed E-state index contributed by atoms with van der Waals surface area (Å²) >= 11 is 0. The first-order valence-corrected chi connectivity index (χ1v) is 8.91. The molecular formula is C18H27F3IN3O3. The number of benzene rings is 1. The van der Waals surface area contributed by atoms with E-state index < -0.39 is 6.36 Å². The minimum Gasteiger partial charge on any atom is -0.405 e. The quantitative estimate of drug-likeness (QED) is 0.228. The summed E-state index contributed by atoms with van der Waals surface area (Å²) in [5.74, 6) is 0.768. The van der Waals surface area contributed by atoms with Crippen LogP contribution >= 0.6 is 24.0 Å². The van der Waals surface area contributed by atoms with Crippen molar-refractivity contribution in [2.45, 2.75) is 25.7 Å². The van der Waals surface area contributed by atoms with E-state index in [1.54, 1.807) is 19.2 Å². The second-order valence-electron chi connectivity index (χ2n) is 6.17. The molecule has 1 saturated heterocycles. The molecule has 1 aromatic rings. The number of guanidine groups is 1. The van der Waals surface area contributed by atoms with E-state index in [1.807, 2.05) is 0 Å². The molecule has 0 spiro atoms. The number of hydrogen-bond donors (Lipinski definition) is 2. The predicted molar refractivity (Wildman–Crippen MR) is 111 cm³/mol. The molecule has 1 unspecified atom stereocenters. The molecule has 0 saturated carbocycles. The Bertz CT molecular complexity index is 597. The summed E-state index contributed by atoms with van der Waals surface area (Å²) in [5.41, 5.74) is 0.389. The Labute approximate surface area is 180 Å². The van der Waals surface area contributed by atoms with E-state index in [-0.39, 0.29) is 36.3 Å². The van der Waals surface area contributed by atoms with Gasteiger partial charge in [0.25, 0.3) is 0 Å². The second kappa shape index (κ2) is 13.0. The summed E-state index contributed by atoms with van der Waals surface area (Å²) in [6.45, 7) is 3.72. The van der Waals surface area contributed by atoms with E-state index >= 15 is 0 Å². The van der Waals surface area contributed by atoms with Gasteiger partial charge >= 0.3 is 6.36 Å².